The van der Waals surface area contributed by atoms with Gasteiger partial charge in [0, 0.05) is 18.8 Å². The number of sulfonamides is 1. The maximum absolute atomic E-state index is 12.5. The summed E-state index contributed by atoms with van der Waals surface area (Å²) in [6.07, 6.45) is 2.84. The zero-order valence-corrected chi connectivity index (χ0v) is 11.6. The van der Waals surface area contributed by atoms with Crippen LogP contribution in [0.15, 0.2) is 41.6 Å². The fourth-order valence-corrected chi connectivity index (χ4v) is 3.35. The lowest BCUT2D eigenvalue weighted by molar-refractivity contribution is -0.125. The molecule has 0 aliphatic carbocycles. The average Bonchev–Trinajstić information content (AvgIpc) is 2.41. The van der Waals surface area contributed by atoms with Crippen molar-refractivity contribution in [2.45, 2.75) is 24.3 Å². The van der Waals surface area contributed by atoms with E-state index in [9.17, 15) is 18.0 Å². The van der Waals surface area contributed by atoms with Crippen LogP contribution in [0.5, 0.6) is 0 Å². The third-order valence-corrected chi connectivity index (χ3v) is 4.77. The molecule has 20 heavy (non-hydrogen) atoms. The number of amides is 1. The summed E-state index contributed by atoms with van der Waals surface area (Å²) >= 11 is 0. The Bertz CT molecular complexity index is 649. The van der Waals surface area contributed by atoms with Crippen LogP contribution in [0, 0.1) is 6.92 Å². The molecule has 1 aliphatic heterocycles. The highest BCUT2D eigenvalue weighted by molar-refractivity contribution is 7.89. The number of aldehydes is 1. The molecule has 2 rings (SSSR count). The van der Waals surface area contributed by atoms with E-state index in [0.717, 1.165) is 9.87 Å². The van der Waals surface area contributed by atoms with E-state index < -0.39 is 22.0 Å². The maximum Gasteiger partial charge on any atom is 0.264 e. The Morgan fingerprint density at radius 1 is 1.30 bits per heavy atom. The summed E-state index contributed by atoms with van der Waals surface area (Å²) < 4.78 is 25.9. The minimum atomic E-state index is -3.86. The fourth-order valence-electron chi connectivity index (χ4n) is 1.89. The zero-order chi connectivity index (χ0) is 14.8. The number of nitrogens with one attached hydrogen (secondary N) is 1. The first-order valence-corrected chi connectivity index (χ1v) is 7.41. The molecule has 0 spiro atoms. The van der Waals surface area contributed by atoms with Crippen molar-refractivity contribution in [1.82, 2.24) is 9.62 Å². The fraction of sp³-hybridized carbons (Fsp3) is 0.231. The van der Waals surface area contributed by atoms with Crippen LogP contribution in [0.1, 0.15) is 12.0 Å². The van der Waals surface area contributed by atoms with E-state index in [1.54, 1.807) is 12.1 Å². The second-order valence-electron chi connectivity index (χ2n) is 4.39. The first-order valence-electron chi connectivity index (χ1n) is 5.97. The molecule has 0 aromatic heterocycles. The van der Waals surface area contributed by atoms with Crippen LogP contribution in [0.25, 0.3) is 0 Å². The molecule has 1 atom stereocenters. The van der Waals surface area contributed by atoms with Gasteiger partial charge in [0.25, 0.3) is 10.0 Å². The minimum absolute atomic E-state index is 0.0818. The summed E-state index contributed by atoms with van der Waals surface area (Å²) in [7, 11) is -3.86. The molecule has 0 fully saturated rings. The van der Waals surface area contributed by atoms with E-state index >= 15 is 0 Å². The molecule has 1 aromatic rings. The molecule has 0 bridgehead atoms. The number of rotatable bonds is 4. The highest BCUT2D eigenvalue weighted by Gasteiger charge is 2.34. The Hall–Kier alpha value is -2.15. The first kappa shape index (κ1) is 14.3. The minimum Gasteiger partial charge on any atom is -0.329 e. The number of benzene rings is 1. The summed E-state index contributed by atoms with van der Waals surface area (Å²) in [6.45, 7) is 1.85. The Labute approximate surface area is 117 Å². The van der Waals surface area contributed by atoms with Gasteiger partial charge in [-0.1, -0.05) is 17.7 Å². The van der Waals surface area contributed by atoms with Crippen LogP contribution in [-0.2, 0) is 19.6 Å². The van der Waals surface area contributed by atoms with Gasteiger partial charge in [-0.2, -0.15) is 0 Å². The van der Waals surface area contributed by atoms with Gasteiger partial charge in [0.05, 0.1) is 4.90 Å². The first-order chi connectivity index (χ1) is 9.46. The van der Waals surface area contributed by atoms with Crippen molar-refractivity contribution in [2.24, 2.45) is 0 Å². The number of carbonyl (C=O) groups is 2. The standard InChI is InChI=1S/C13H14N2O4S/c1-10-2-4-11(5-3-10)20(18,19)15-8-7-14-13(17)12(15)6-9-16/h2-5,7-9,12H,6H2,1H3,(H,14,17)/t12-/m1/s1. The third kappa shape index (κ3) is 2.57. The predicted octanol–water partition coefficient (Wildman–Crippen LogP) is 0.544. The largest absolute Gasteiger partial charge is 0.329 e. The molecular formula is C13H14N2O4S. The Morgan fingerprint density at radius 2 is 1.95 bits per heavy atom. The number of hydrogen-bond donors (Lipinski definition) is 1. The van der Waals surface area contributed by atoms with Gasteiger partial charge < -0.3 is 10.1 Å². The van der Waals surface area contributed by atoms with Crippen LogP contribution < -0.4 is 5.32 Å². The van der Waals surface area contributed by atoms with Crippen LogP contribution >= 0.6 is 0 Å². The SMILES string of the molecule is Cc1ccc(S(=O)(=O)N2C=CNC(=O)[C@H]2CC=O)cc1. The molecule has 1 amide bonds. The number of aryl methyl sites for hydroxylation is 1. The predicted molar refractivity (Wildman–Crippen MR) is 72.0 cm³/mol. The molecule has 0 saturated carbocycles. The molecule has 6 nitrogen and oxygen atoms in total. The van der Waals surface area contributed by atoms with Crippen molar-refractivity contribution in [3.05, 3.63) is 42.2 Å². The lowest BCUT2D eigenvalue weighted by atomic mass is 10.2. The Kier molecular flexibility index (Phi) is 3.89. The van der Waals surface area contributed by atoms with Crippen LogP contribution in [0.2, 0.25) is 0 Å². The van der Waals surface area contributed by atoms with Gasteiger partial charge in [0.2, 0.25) is 5.91 Å². The van der Waals surface area contributed by atoms with E-state index in [1.165, 1.54) is 24.5 Å². The summed E-state index contributed by atoms with van der Waals surface area (Å²) in [4.78, 5) is 22.4. The molecule has 0 radical (unpaired) electrons. The monoisotopic (exact) mass is 294 g/mol. The van der Waals surface area contributed by atoms with Crippen molar-refractivity contribution in [2.75, 3.05) is 0 Å². The van der Waals surface area contributed by atoms with Crippen LogP contribution in [0.4, 0.5) is 0 Å². The van der Waals surface area contributed by atoms with Gasteiger partial charge >= 0.3 is 0 Å². The molecule has 1 N–H and O–H groups in total. The normalized spacial score (nSPS) is 18.8. The van der Waals surface area contributed by atoms with Crippen LogP contribution in [-0.4, -0.2) is 31.0 Å². The molecule has 7 heteroatoms. The van der Waals surface area contributed by atoms with Gasteiger partial charge in [-0.15, -0.1) is 0 Å². The highest BCUT2D eigenvalue weighted by Crippen LogP contribution is 2.22. The average molecular weight is 294 g/mol. The molecule has 1 aromatic carbocycles. The third-order valence-electron chi connectivity index (χ3n) is 2.97. The number of hydrogen-bond acceptors (Lipinski definition) is 4. The van der Waals surface area contributed by atoms with E-state index in [2.05, 4.69) is 5.32 Å². The summed E-state index contributed by atoms with van der Waals surface area (Å²) in [5.41, 5.74) is 0.931. The zero-order valence-electron chi connectivity index (χ0n) is 10.8. The van der Waals surface area contributed by atoms with E-state index in [-0.39, 0.29) is 11.3 Å². The van der Waals surface area contributed by atoms with Gasteiger partial charge in [0.1, 0.15) is 12.3 Å². The van der Waals surface area contributed by atoms with E-state index in [0.29, 0.717) is 6.29 Å². The Morgan fingerprint density at radius 3 is 2.55 bits per heavy atom. The lowest BCUT2D eigenvalue weighted by Crippen LogP contribution is -2.49. The summed E-state index contributed by atoms with van der Waals surface area (Å²) in [5, 5.41) is 2.40. The maximum atomic E-state index is 12.5. The lowest BCUT2D eigenvalue weighted by Gasteiger charge is -2.30. The van der Waals surface area contributed by atoms with E-state index in [1.807, 2.05) is 6.92 Å². The molecular weight excluding hydrogens is 280 g/mol. The second-order valence-corrected chi connectivity index (χ2v) is 6.23. The summed E-state index contributed by atoms with van der Waals surface area (Å²) in [5.74, 6) is -0.518. The topological polar surface area (TPSA) is 83.6 Å². The van der Waals surface area contributed by atoms with E-state index in [4.69, 9.17) is 0 Å². The molecule has 106 valence electrons. The Balaban J connectivity index is 2.43. The van der Waals surface area contributed by atoms with Crippen molar-refractivity contribution in [3.8, 4) is 0 Å². The molecule has 1 aliphatic rings. The van der Waals surface area contributed by atoms with Gasteiger partial charge in [-0.05, 0) is 19.1 Å². The van der Waals surface area contributed by atoms with Gasteiger partial charge in [-0.25, -0.2) is 8.42 Å². The van der Waals surface area contributed by atoms with Crippen molar-refractivity contribution >= 4 is 22.2 Å². The quantitative estimate of drug-likeness (QED) is 0.822. The smallest absolute Gasteiger partial charge is 0.264 e. The molecule has 0 unspecified atom stereocenters. The highest BCUT2D eigenvalue weighted by atomic mass is 32.2. The van der Waals surface area contributed by atoms with Crippen molar-refractivity contribution in [1.29, 1.82) is 0 Å². The van der Waals surface area contributed by atoms with Crippen molar-refractivity contribution < 1.29 is 18.0 Å². The molecule has 1 heterocycles. The van der Waals surface area contributed by atoms with Gasteiger partial charge in [0.15, 0.2) is 0 Å². The number of nitrogens with zero attached hydrogens (tertiary/aromatic N) is 1. The van der Waals surface area contributed by atoms with Crippen LogP contribution in [0.3, 0.4) is 0 Å². The van der Waals surface area contributed by atoms with Gasteiger partial charge in [-0.3, -0.25) is 9.10 Å². The number of carbonyl (C=O) groups excluding carboxylic acids is 2. The summed E-state index contributed by atoms with van der Waals surface area (Å²) in [6, 6.07) is 5.25. The van der Waals surface area contributed by atoms with Crippen molar-refractivity contribution in [3.63, 3.8) is 0 Å². The molecule has 0 saturated heterocycles. The second kappa shape index (κ2) is 5.46.